The molecular weight excluding hydrogens is 433 g/mol. The van der Waals surface area contributed by atoms with E-state index in [1.807, 2.05) is 26.3 Å². The first-order chi connectivity index (χ1) is 15.4. The maximum absolute atomic E-state index is 14.4. The molecule has 1 saturated heterocycles. The number of hydrogen-bond acceptors (Lipinski definition) is 7. The smallest absolute Gasteiger partial charge is 0.341 e. The Bertz CT molecular complexity index is 1180. The Kier molecular flexibility index (Phi) is 5.12. The number of urea groups is 1. The van der Waals surface area contributed by atoms with Crippen molar-refractivity contribution in [2.24, 2.45) is 12.1 Å². The average Bonchev–Trinajstić information content (AvgIpc) is 3.46. The van der Waals surface area contributed by atoms with E-state index in [2.05, 4.69) is 20.2 Å². The van der Waals surface area contributed by atoms with Crippen LogP contribution in [0.25, 0.3) is 11.4 Å². The second-order valence-electron chi connectivity index (χ2n) is 7.91. The number of halogens is 1. The summed E-state index contributed by atoms with van der Waals surface area (Å²) in [7, 11) is 1.81. The standard InChI is InChI=1S/C21H22FN7O2S/c1-12-7-25-27(3)20(12)16-6-19(15(22)8-23-16)31-14-9-28(10-14)21(30)29-18(4-5-24-29)17-11-32-13(2)26-17/h5-8,11,14,18H,4,9-10H2,1-3H3/t18-/m1/s1. The highest BCUT2D eigenvalue weighted by atomic mass is 32.1. The summed E-state index contributed by atoms with van der Waals surface area (Å²) in [4.78, 5) is 23.3. The molecule has 5 rings (SSSR count). The lowest BCUT2D eigenvalue weighted by Gasteiger charge is -2.40. The Morgan fingerprint density at radius 2 is 2.09 bits per heavy atom. The molecule has 3 aromatic heterocycles. The van der Waals surface area contributed by atoms with E-state index < -0.39 is 5.82 Å². The Hall–Kier alpha value is -3.34. The van der Waals surface area contributed by atoms with Gasteiger partial charge in [-0.1, -0.05) is 0 Å². The van der Waals surface area contributed by atoms with Gasteiger partial charge in [0.1, 0.15) is 12.1 Å². The van der Waals surface area contributed by atoms with Crippen LogP contribution >= 0.6 is 11.3 Å². The lowest BCUT2D eigenvalue weighted by molar-refractivity contribution is 0.0255. The van der Waals surface area contributed by atoms with E-state index in [1.165, 1.54) is 5.01 Å². The fourth-order valence-corrected chi connectivity index (χ4v) is 4.58. The number of carbonyl (C=O) groups excluding carboxylic acids is 1. The zero-order valence-corrected chi connectivity index (χ0v) is 18.7. The molecule has 0 aliphatic carbocycles. The van der Waals surface area contributed by atoms with Gasteiger partial charge in [0.2, 0.25) is 0 Å². The van der Waals surface area contributed by atoms with E-state index in [4.69, 9.17) is 4.74 Å². The number of aromatic nitrogens is 4. The van der Waals surface area contributed by atoms with Crippen LogP contribution in [0.4, 0.5) is 9.18 Å². The molecule has 0 bridgehead atoms. The van der Waals surface area contributed by atoms with Crippen molar-refractivity contribution in [1.29, 1.82) is 0 Å². The summed E-state index contributed by atoms with van der Waals surface area (Å²) in [5.41, 5.74) is 3.17. The van der Waals surface area contributed by atoms with Gasteiger partial charge in [0.15, 0.2) is 11.6 Å². The predicted molar refractivity (Wildman–Crippen MR) is 117 cm³/mol. The number of ether oxygens (including phenoxy) is 1. The number of amides is 2. The van der Waals surface area contributed by atoms with Crippen molar-refractivity contribution in [2.45, 2.75) is 32.4 Å². The Morgan fingerprint density at radius 1 is 1.28 bits per heavy atom. The zero-order valence-electron chi connectivity index (χ0n) is 17.9. The topological polar surface area (TPSA) is 88.7 Å². The molecule has 0 radical (unpaired) electrons. The Morgan fingerprint density at radius 3 is 2.78 bits per heavy atom. The molecule has 32 heavy (non-hydrogen) atoms. The summed E-state index contributed by atoms with van der Waals surface area (Å²) >= 11 is 1.55. The lowest BCUT2D eigenvalue weighted by Crippen LogP contribution is -2.58. The van der Waals surface area contributed by atoms with Crippen LogP contribution in [0.2, 0.25) is 0 Å². The van der Waals surface area contributed by atoms with Gasteiger partial charge in [0, 0.05) is 31.1 Å². The molecular formula is C21H22FN7O2S. The van der Waals surface area contributed by atoms with Crippen molar-refractivity contribution in [2.75, 3.05) is 13.1 Å². The first-order valence-electron chi connectivity index (χ1n) is 10.2. The molecule has 166 valence electrons. The van der Waals surface area contributed by atoms with E-state index in [0.29, 0.717) is 25.2 Å². The molecule has 0 saturated carbocycles. The number of nitrogens with zero attached hydrogens (tertiary/aromatic N) is 7. The monoisotopic (exact) mass is 455 g/mol. The number of thiazole rings is 1. The van der Waals surface area contributed by atoms with Crippen molar-refractivity contribution in [3.8, 4) is 17.1 Å². The summed E-state index contributed by atoms with van der Waals surface area (Å²) in [6.45, 7) is 4.57. The third-order valence-electron chi connectivity index (χ3n) is 5.60. The number of pyridine rings is 1. The molecule has 2 aliphatic heterocycles. The van der Waals surface area contributed by atoms with E-state index >= 15 is 0 Å². The van der Waals surface area contributed by atoms with Gasteiger partial charge in [0.25, 0.3) is 0 Å². The molecule has 3 aromatic rings. The minimum Gasteiger partial charge on any atom is -0.483 e. The largest absolute Gasteiger partial charge is 0.483 e. The molecule has 0 spiro atoms. The number of rotatable bonds is 4. The van der Waals surface area contributed by atoms with Crippen LogP contribution in [0, 0.1) is 19.7 Å². The molecule has 2 amide bonds. The number of carbonyl (C=O) groups is 1. The number of hydrogen-bond donors (Lipinski definition) is 0. The average molecular weight is 456 g/mol. The molecule has 0 N–H and O–H groups in total. The van der Waals surface area contributed by atoms with E-state index in [9.17, 15) is 9.18 Å². The fourth-order valence-electron chi connectivity index (χ4n) is 3.93. The predicted octanol–water partition coefficient (Wildman–Crippen LogP) is 3.31. The zero-order chi connectivity index (χ0) is 22.4. The molecule has 1 atom stereocenters. The molecule has 1 fully saturated rings. The normalized spacial score (nSPS) is 18.3. The van der Waals surface area contributed by atoms with Crippen LogP contribution < -0.4 is 4.74 Å². The van der Waals surface area contributed by atoms with Crippen LogP contribution in [0.15, 0.2) is 28.9 Å². The molecule has 5 heterocycles. The summed E-state index contributed by atoms with van der Waals surface area (Å²) in [5.74, 6) is -0.427. The third kappa shape index (κ3) is 3.62. The van der Waals surface area contributed by atoms with E-state index in [1.54, 1.807) is 39.4 Å². The summed E-state index contributed by atoms with van der Waals surface area (Å²) in [6.07, 6.45) is 4.96. The lowest BCUT2D eigenvalue weighted by atomic mass is 10.1. The molecule has 0 aromatic carbocycles. The SMILES string of the molecule is Cc1nc([C@H]2CC=NN2C(=O)N2CC(Oc3cc(-c4c(C)cnn4C)ncc3F)C2)cs1. The summed E-state index contributed by atoms with van der Waals surface area (Å²) < 4.78 is 21.9. The highest BCUT2D eigenvalue weighted by molar-refractivity contribution is 7.09. The molecule has 2 aliphatic rings. The van der Waals surface area contributed by atoms with Gasteiger partial charge in [-0.2, -0.15) is 10.2 Å². The van der Waals surface area contributed by atoms with Gasteiger partial charge in [-0.15, -0.1) is 11.3 Å². The van der Waals surface area contributed by atoms with Gasteiger partial charge < -0.3 is 9.64 Å². The van der Waals surface area contributed by atoms with Crippen LogP contribution in [0.1, 0.15) is 28.7 Å². The van der Waals surface area contributed by atoms with Crippen LogP contribution in [-0.4, -0.2) is 61.1 Å². The maximum Gasteiger partial charge on any atom is 0.341 e. The third-order valence-corrected chi connectivity index (χ3v) is 6.39. The van der Waals surface area contributed by atoms with Crippen molar-refractivity contribution in [1.82, 2.24) is 29.7 Å². The highest BCUT2D eigenvalue weighted by Gasteiger charge is 2.39. The second-order valence-corrected chi connectivity index (χ2v) is 8.97. The first kappa shape index (κ1) is 20.6. The number of hydrazone groups is 1. The van der Waals surface area contributed by atoms with Gasteiger partial charge in [-0.05, 0) is 19.4 Å². The van der Waals surface area contributed by atoms with E-state index in [-0.39, 0.29) is 23.9 Å². The van der Waals surface area contributed by atoms with Crippen LogP contribution in [0.3, 0.4) is 0 Å². The minimum atomic E-state index is -0.540. The summed E-state index contributed by atoms with van der Waals surface area (Å²) in [6, 6.07) is 1.19. The second kappa shape index (κ2) is 7.97. The fraction of sp³-hybridized carbons (Fsp3) is 0.381. The van der Waals surface area contributed by atoms with E-state index in [0.717, 1.165) is 28.2 Å². The van der Waals surface area contributed by atoms with Crippen molar-refractivity contribution >= 4 is 23.6 Å². The Balaban J connectivity index is 1.24. The molecule has 11 heteroatoms. The first-order valence-corrected chi connectivity index (χ1v) is 11.1. The quantitative estimate of drug-likeness (QED) is 0.602. The van der Waals surface area contributed by atoms with Crippen molar-refractivity contribution in [3.05, 3.63) is 45.9 Å². The molecule has 0 unspecified atom stereocenters. The maximum atomic E-state index is 14.4. The highest BCUT2D eigenvalue weighted by Crippen LogP contribution is 2.32. The molecule has 9 nitrogen and oxygen atoms in total. The summed E-state index contributed by atoms with van der Waals surface area (Å²) in [5, 5.41) is 12.8. The number of likely N-dealkylation sites (tertiary alicyclic amines) is 1. The van der Waals surface area contributed by atoms with Gasteiger partial charge >= 0.3 is 6.03 Å². The van der Waals surface area contributed by atoms with Gasteiger partial charge in [-0.3, -0.25) is 9.67 Å². The van der Waals surface area contributed by atoms with Crippen molar-refractivity contribution < 1.29 is 13.9 Å². The minimum absolute atomic E-state index is 0.114. The van der Waals surface area contributed by atoms with Crippen LogP contribution in [0.5, 0.6) is 5.75 Å². The van der Waals surface area contributed by atoms with Crippen molar-refractivity contribution in [3.63, 3.8) is 0 Å². The Labute approximate surface area is 188 Å². The van der Waals surface area contributed by atoms with Gasteiger partial charge in [-0.25, -0.2) is 19.2 Å². The number of aryl methyl sites for hydroxylation is 3. The van der Waals surface area contributed by atoms with Crippen LogP contribution in [-0.2, 0) is 7.05 Å². The van der Waals surface area contributed by atoms with Gasteiger partial charge in [0.05, 0.1) is 47.6 Å².